The molecule has 16 heavy (non-hydrogen) atoms. The van der Waals surface area contributed by atoms with Crippen LogP contribution in [-0.2, 0) is 0 Å². The molecule has 0 bridgehead atoms. The molecule has 0 unspecified atom stereocenters. The Bertz CT molecular complexity index is 513. The number of anilines is 1. The van der Waals surface area contributed by atoms with Crippen LogP contribution >= 0.6 is 0 Å². The Morgan fingerprint density at radius 3 is 2.12 bits per heavy atom. The molecule has 0 atom stereocenters. The molecule has 78 valence electrons. The van der Waals surface area contributed by atoms with Crippen LogP contribution in [0, 0.1) is 0 Å². The SMILES string of the molecule is Nc1ccc2ccc([B-](F)(F)F)cc2c1.[K+]. The molecule has 0 radical (unpaired) electrons. The van der Waals surface area contributed by atoms with Gasteiger partial charge in [0.1, 0.15) is 0 Å². The largest absolute Gasteiger partial charge is 1.00 e. The Morgan fingerprint density at radius 2 is 1.50 bits per heavy atom. The predicted molar refractivity (Wildman–Crippen MR) is 57.1 cm³/mol. The van der Waals surface area contributed by atoms with Crippen molar-refractivity contribution in [1.82, 2.24) is 0 Å². The summed E-state index contributed by atoms with van der Waals surface area (Å²) in [4.78, 5) is 0. The molecule has 2 aromatic rings. The van der Waals surface area contributed by atoms with Gasteiger partial charge in [-0.1, -0.05) is 24.3 Å². The van der Waals surface area contributed by atoms with E-state index in [0.29, 0.717) is 11.1 Å². The Hall–Kier alpha value is -0.00870. The summed E-state index contributed by atoms with van der Waals surface area (Å²) in [6, 6.07) is 8.60. The third-order valence-electron chi connectivity index (χ3n) is 2.27. The standard InChI is InChI=1S/C10H8BF3N.K/c12-11(13,14)9-3-1-7-2-4-10(15)6-8(7)5-9;/h1-6H,15H2;/q-1;+1. The van der Waals surface area contributed by atoms with Crippen molar-refractivity contribution in [2.45, 2.75) is 0 Å². The molecule has 0 aliphatic carbocycles. The number of hydrogen-bond donors (Lipinski definition) is 1. The molecule has 6 heteroatoms. The molecule has 0 aliphatic rings. The molecule has 0 aromatic heterocycles. The zero-order valence-corrected chi connectivity index (χ0v) is 11.9. The third kappa shape index (κ3) is 3.01. The van der Waals surface area contributed by atoms with Gasteiger partial charge in [0.05, 0.1) is 0 Å². The van der Waals surface area contributed by atoms with Crippen molar-refractivity contribution in [3.05, 3.63) is 36.4 Å². The van der Waals surface area contributed by atoms with Crippen LogP contribution in [0.15, 0.2) is 36.4 Å². The van der Waals surface area contributed by atoms with Crippen molar-refractivity contribution in [3.63, 3.8) is 0 Å². The van der Waals surface area contributed by atoms with Crippen molar-refractivity contribution in [3.8, 4) is 0 Å². The maximum absolute atomic E-state index is 12.4. The van der Waals surface area contributed by atoms with E-state index in [2.05, 4.69) is 0 Å². The van der Waals surface area contributed by atoms with Crippen LogP contribution in [0.1, 0.15) is 0 Å². The Balaban J connectivity index is 0.00000128. The van der Waals surface area contributed by atoms with Crippen LogP contribution in [0.4, 0.5) is 18.6 Å². The molecule has 0 heterocycles. The summed E-state index contributed by atoms with van der Waals surface area (Å²) >= 11 is 0. The predicted octanol–water partition coefficient (Wildman–Crippen LogP) is -0.520. The quantitative estimate of drug-likeness (QED) is 0.534. The van der Waals surface area contributed by atoms with Gasteiger partial charge in [-0.25, -0.2) is 0 Å². The summed E-state index contributed by atoms with van der Waals surface area (Å²) in [5.74, 6) is 0. The molecule has 2 aromatic carbocycles. The van der Waals surface area contributed by atoms with E-state index in [0.717, 1.165) is 17.5 Å². The summed E-state index contributed by atoms with van der Waals surface area (Å²) in [5.41, 5.74) is 5.38. The zero-order valence-electron chi connectivity index (χ0n) is 8.75. The average molecular weight is 249 g/mol. The second-order valence-corrected chi connectivity index (χ2v) is 3.44. The van der Waals surface area contributed by atoms with E-state index in [1.165, 1.54) is 6.07 Å². The summed E-state index contributed by atoms with van der Waals surface area (Å²) in [6.07, 6.45) is 0. The van der Waals surface area contributed by atoms with E-state index in [1.807, 2.05) is 0 Å². The molecular formula is C10H8BF3KN. The van der Waals surface area contributed by atoms with Gasteiger partial charge >= 0.3 is 58.4 Å². The van der Waals surface area contributed by atoms with E-state index >= 15 is 0 Å². The van der Waals surface area contributed by atoms with E-state index in [1.54, 1.807) is 18.2 Å². The fraction of sp³-hybridized carbons (Fsp3) is 0. The maximum Gasteiger partial charge on any atom is 1.00 e. The van der Waals surface area contributed by atoms with Crippen LogP contribution in [0.5, 0.6) is 0 Å². The Morgan fingerprint density at radius 1 is 0.875 bits per heavy atom. The van der Waals surface area contributed by atoms with Gasteiger partial charge in [0, 0.05) is 5.69 Å². The molecule has 0 fully saturated rings. The molecule has 2 rings (SSSR count). The van der Waals surface area contributed by atoms with Crippen molar-refractivity contribution >= 4 is 28.9 Å². The molecule has 1 nitrogen and oxygen atoms in total. The minimum atomic E-state index is -4.94. The van der Waals surface area contributed by atoms with Crippen LogP contribution in [0.2, 0.25) is 0 Å². The van der Waals surface area contributed by atoms with E-state index < -0.39 is 12.4 Å². The van der Waals surface area contributed by atoms with Crippen LogP contribution < -0.4 is 62.6 Å². The van der Waals surface area contributed by atoms with Gasteiger partial charge in [-0.15, -0.1) is 5.46 Å². The fourth-order valence-electron chi connectivity index (χ4n) is 1.49. The van der Waals surface area contributed by atoms with E-state index in [9.17, 15) is 12.9 Å². The monoisotopic (exact) mass is 249 g/mol. The molecule has 0 spiro atoms. The fourth-order valence-corrected chi connectivity index (χ4v) is 1.49. The van der Waals surface area contributed by atoms with Crippen molar-refractivity contribution < 1.29 is 64.3 Å². The number of nitrogen functional groups attached to an aromatic ring is 1. The van der Waals surface area contributed by atoms with Crippen LogP contribution in [0.3, 0.4) is 0 Å². The average Bonchev–Trinajstić information content (AvgIpc) is 2.15. The first-order chi connectivity index (χ1) is 6.97. The molecule has 0 saturated heterocycles. The zero-order chi connectivity index (χ0) is 11.1. The topological polar surface area (TPSA) is 26.0 Å². The van der Waals surface area contributed by atoms with Gasteiger partial charge < -0.3 is 18.7 Å². The first-order valence-electron chi connectivity index (χ1n) is 4.46. The minimum absolute atomic E-state index is 0. The van der Waals surface area contributed by atoms with Gasteiger partial charge in [0.25, 0.3) is 0 Å². The smallest absolute Gasteiger partial charge is 0.445 e. The van der Waals surface area contributed by atoms with Gasteiger partial charge in [0.15, 0.2) is 0 Å². The number of rotatable bonds is 1. The number of fused-ring (bicyclic) bond motifs is 1. The first-order valence-corrected chi connectivity index (χ1v) is 4.46. The number of nitrogens with two attached hydrogens (primary N) is 1. The second-order valence-electron chi connectivity index (χ2n) is 3.44. The third-order valence-corrected chi connectivity index (χ3v) is 2.27. The summed E-state index contributed by atoms with van der Waals surface area (Å²) in [6.45, 7) is -4.94. The number of benzene rings is 2. The van der Waals surface area contributed by atoms with Gasteiger partial charge in [-0.3, -0.25) is 0 Å². The van der Waals surface area contributed by atoms with E-state index in [4.69, 9.17) is 5.73 Å². The Kier molecular flexibility index (Phi) is 4.48. The molecular weight excluding hydrogens is 241 g/mol. The first kappa shape index (κ1) is 14.1. The second kappa shape index (κ2) is 5.10. The van der Waals surface area contributed by atoms with Crippen LogP contribution in [-0.4, -0.2) is 6.98 Å². The van der Waals surface area contributed by atoms with Crippen molar-refractivity contribution in [2.75, 3.05) is 5.73 Å². The summed E-state index contributed by atoms with van der Waals surface area (Å²) in [5, 5.41) is 1.28. The summed E-state index contributed by atoms with van der Waals surface area (Å²) < 4.78 is 37.3. The van der Waals surface area contributed by atoms with Crippen LogP contribution in [0.25, 0.3) is 10.8 Å². The molecule has 0 amide bonds. The normalized spacial score (nSPS) is 11.2. The summed E-state index contributed by atoms with van der Waals surface area (Å²) in [7, 11) is 0. The maximum atomic E-state index is 12.4. The molecule has 0 aliphatic heterocycles. The van der Waals surface area contributed by atoms with E-state index in [-0.39, 0.29) is 51.4 Å². The molecule has 2 N–H and O–H groups in total. The Labute approximate surface area is 134 Å². The van der Waals surface area contributed by atoms with Gasteiger partial charge in [-0.05, 0) is 22.9 Å². The van der Waals surface area contributed by atoms with Gasteiger partial charge in [0.2, 0.25) is 0 Å². The number of halogens is 3. The van der Waals surface area contributed by atoms with Crippen molar-refractivity contribution in [1.29, 1.82) is 0 Å². The molecule has 0 saturated carbocycles. The van der Waals surface area contributed by atoms with Crippen molar-refractivity contribution in [2.24, 2.45) is 0 Å². The number of hydrogen-bond acceptors (Lipinski definition) is 1. The van der Waals surface area contributed by atoms with Gasteiger partial charge in [-0.2, -0.15) is 0 Å². The minimum Gasteiger partial charge on any atom is -0.445 e.